The minimum atomic E-state index is -0.368. The quantitative estimate of drug-likeness (QED) is 0.660. The Morgan fingerprint density at radius 3 is 2.68 bits per heavy atom. The van der Waals surface area contributed by atoms with Crippen LogP contribution in [0, 0.1) is 11.3 Å². The molecule has 0 bridgehead atoms. The van der Waals surface area contributed by atoms with Crippen LogP contribution in [-0.2, 0) is 4.79 Å². The van der Waals surface area contributed by atoms with Gasteiger partial charge in [0, 0.05) is 10.0 Å². The summed E-state index contributed by atoms with van der Waals surface area (Å²) in [6, 6.07) is 16.1. The van der Waals surface area contributed by atoms with Crippen molar-refractivity contribution in [2.75, 3.05) is 6.61 Å². The number of hydrazone groups is 1. The van der Waals surface area contributed by atoms with Crippen molar-refractivity contribution < 1.29 is 9.53 Å². The Bertz CT molecular complexity index is 721. The predicted molar refractivity (Wildman–Crippen MR) is 86.5 cm³/mol. The number of nitriles is 1. The predicted octanol–water partition coefficient (Wildman–Crippen LogP) is 2.85. The van der Waals surface area contributed by atoms with Crippen LogP contribution in [0.25, 0.3) is 0 Å². The number of nitrogens with zero attached hydrogens (tertiary/aromatic N) is 2. The first kappa shape index (κ1) is 15.7. The molecule has 0 radical (unpaired) electrons. The number of halogens is 1. The summed E-state index contributed by atoms with van der Waals surface area (Å²) in [5, 5.41) is 12.5. The Hall–Kier alpha value is -2.65. The van der Waals surface area contributed by atoms with Crippen molar-refractivity contribution in [2.24, 2.45) is 5.10 Å². The number of hydrogen-bond acceptors (Lipinski definition) is 4. The van der Waals surface area contributed by atoms with Crippen molar-refractivity contribution in [1.82, 2.24) is 5.43 Å². The van der Waals surface area contributed by atoms with Crippen LogP contribution in [0.3, 0.4) is 0 Å². The maximum Gasteiger partial charge on any atom is 0.277 e. The number of carbonyl (C=O) groups is 1. The SMILES string of the molecule is N#Cc1ccc(OCC(=O)N/N=C\c2ccccc2Br)cc1. The number of ether oxygens (including phenoxy) is 1. The van der Waals surface area contributed by atoms with Gasteiger partial charge >= 0.3 is 0 Å². The summed E-state index contributed by atoms with van der Waals surface area (Å²) < 4.78 is 6.18. The zero-order valence-corrected chi connectivity index (χ0v) is 13.1. The molecule has 1 amide bonds. The number of hydrogen-bond donors (Lipinski definition) is 1. The lowest BCUT2D eigenvalue weighted by molar-refractivity contribution is -0.123. The minimum Gasteiger partial charge on any atom is -0.484 e. The molecule has 2 aromatic rings. The van der Waals surface area contributed by atoms with E-state index in [9.17, 15) is 4.79 Å². The zero-order chi connectivity index (χ0) is 15.8. The van der Waals surface area contributed by atoms with Gasteiger partial charge in [-0.2, -0.15) is 10.4 Å². The Labute approximate surface area is 136 Å². The Morgan fingerprint density at radius 2 is 2.00 bits per heavy atom. The Balaban J connectivity index is 1.80. The van der Waals surface area contributed by atoms with Crippen molar-refractivity contribution in [3.63, 3.8) is 0 Å². The van der Waals surface area contributed by atoms with Gasteiger partial charge in [0.05, 0.1) is 17.8 Å². The summed E-state index contributed by atoms with van der Waals surface area (Å²) in [6.45, 7) is -0.154. The van der Waals surface area contributed by atoms with E-state index in [4.69, 9.17) is 10.00 Å². The molecule has 0 aliphatic heterocycles. The average Bonchev–Trinajstić information content (AvgIpc) is 2.55. The maximum absolute atomic E-state index is 11.6. The monoisotopic (exact) mass is 357 g/mol. The lowest BCUT2D eigenvalue weighted by Gasteiger charge is -2.04. The first-order chi connectivity index (χ1) is 10.7. The molecule has 0 fully saturated rings. The van der Waals surface area contributed by atoms with E-state index in [1.807, 2.05) is 30.3 Å². The van der Waals surface area contributed by atoms with Crippen LogP contribution in [0.4, 0.5) is 0 Å². The van der Waals surface area contributed by atoms with Gasteiger partial charge in [0.25, 0.3) is 5.91 Å². The van der Waals surface area contributed by atoms with Crippen LogP contribution in [-0.4, -0.2) is 18.7 Å². The molecular formula is C16H12BrN3O2. The number of nitrogens with one attached hydrogen (secondary N) is 1. The fourth-order valence-electron chi connectivity index (χ4n) is 1.56. The molecular weight excluding hydrogens is 346 g/mol. The fraction of sp³-hybridized carbons (Fsp3) is 0.0625. The average molecular weight is 358 g/mol. The fourth-order valence-corrected chi connectivity index (χ4v) is 1.95. The largest absolute Gasteiger partial charge is 0.484 e. The molecule has 0 aliphatic carbocycles. The normalized spacial score (nSPS) is 10.2. The van der Waals surface area contributed by atoms with Crippen LogP contribution >= 0.6 is 15.9 Å². The van der Waals surface area contributed by atoms with Crippen LogP contribution < -0.4 is 10.2 Å². The minimum absolute atomic E-state index is 0.154. The lowest BCUT2D eigenvalue weighted by atomic mass is 10.2. The molecule has 0 heterocycles. The summed E-state index contributed by atoms with van der Waals surface area (Å²) >= 11 is 3.38. The Kier molecular flexibility index (Phi) is 5.69. The molecule has 2 aromatic carbocycles. The van der Waals surface area contributed by atoms with E-state index in [2.05, 4.69) is 26.5 Å². The highest BCUT2D eigenvalue weighted by Crippen LogP contribution is 2.13. The van der Waals surface area contributed by atoms with Crippen LogP contribution in [0.1, 0.15) is 11.1 Å². The molecule has 22 heavy (non-hydrogen) atoms. The smallest absolute Gasteiger partial charge is 0.277 e. The van der Waals surface area contributed by atoms with E-state index in [1.165, 1.54) is 0 Å². The van der Waals surface area contributed by atoms with E-state index in [-0.39, 0.29) is 12.5 Å². The highest BCUT2D eigenvalue weighted by Gasteiger charge is 2.01. The molecule has 2 rings (SSSR count). The Morgan fingerprint density at radius 1 is 1.27 bits per heavy atom. The van der Waals surface area contributed by atoms with Crippen molar-refractivity contribution in [1.29, 1.82) is 5.26 Å². The van der Waals surface area contributed by atoms with Gasteiger partial charge in [-0.1, -0.05) is 34.1 Å². The van der Waals surface area contributed by atoms with E-state index in [0.29, 0.717) is 11.3 Å². The molecule has 0 aromatic heterocycles. The molecule has 6 heteroatoms. The van der Waals surface area contributed by atoms with E-state index >= 15 is 0 Å². The standard InChI is InChI=1S/C16H12BrN3O2/c17-15-4-2-1-3-13(15)10-19-20-16(21)11-22-14-7-5-12(9-18)6-8-14/h1-8,10H,11H2,(H,20,21)/b19-10-. The molecule has 0 aliphatic rings. The van der Waals surface area contributed by atoms with E-state index in [1.54, 1.807) is 30.5 Å². The first-order valence-corrected chi connectivity index (χ1v) is 7.18. The van der Waals surface area contributed by atoms with Gasteiger partial charge in [-0.15, -0.1) is 0 Å². The van der Waals surface area contributed by atoms with E-state index in [0.717, 1.165) is 10.0 Å². The number of rotatable bonds is 5. The summed E-state index contributed by atoms with van der Waals surface area (Å²) in [6.07, 6.45) is 1.55. The van der Waals surface area contributed by atoms with E-state index < -0.39 is 0 Å². The molecule has 0 saturated heterocycles. The topological polar surface area (TPSA) is 74.5 Å². The molecule has 1 N–H and O–H groups in total. The van der Waals surface area contributed by atoms with Gasteiger partial charge in [0.2, 0.25) is 0 Å². The summed E-state index contributed by atoms with van der Waals surface area (Å²) in [5.41, 5.74) is 3.78. The molecule has 5 nitrogen and oxygen atoms in total. The van der Waals surface area contributed by atoms with Gasteiger partial charge in [0.1, 0.15) is 5.75 Å². The lowest BCUT2D eigenvalue weighted by Crippen LogP contribution is -2.24. The number of carbonyl (C=O) groups excluding carboxylic acids is 1. The summed E-state index contributed by atoms with van der Waals surface area (Å²) in [7, 11) is 0. The number of amides is 1. The van der Waals surface area contributed by atoms with Crippen molar-refractivity contribution >= 4 is 28.1 Å². The molecule has 0 spiro atoms. The third kappa shape index (κ3) is 4.72. The summed E-state index contributed by atoms with van der Waals surface area (Å²) in [4.78, 5) is 11.6. The molecule has 110 valence electrons. The highest BCUT2D eigenvalue weighted by atomic mass is 79.9. The van der Waals surface area contributed by atoms with Crippen molar-refractivity contribution in [2.45, 2.75) is 0 Å². The second-order valence-electron chi connectivity index (χ2n) is 4.24. The van der Waals surface area contributed by atoms with Gasteiger partial charge in [0.15, 0.2) is 6.61 Å². The third-order valence-electron chi connectivity index (χ3n) is 2.65. The van der Waals surface area contributed by atoms with Crippen molar-refractivity contribution in [3.8, 4) is 11.8 Å². The second kappa shape index (κ2) is 7.96. The van der Waals surface area contributed by atoms with Crippen LogP contribution in [0.2, 0.25) is 0 Å². The first-order valence-electron chi connectivity index (χ1n) is 6.38. The van der Waals surface area contributed by atoms with Crippen molar-refractivity contribution in [3.05, 3.63) is 64.1 Å². The van der Waals surface area contributed by atoms with Gasteiger partial charge in [-0.05, 0) is 30.3 Å². The van der Waals surface area contributed by atoms with Crippen LogP contribution in [0.15, 0.2) is 58.1 Å². The van der Waals surface area contributed by atoms with Gasteiger partial charge < -0.3 is 4.74 Å². The zero-order valence-electron chi connectivity index (χ0n) is 11.5. The van der Waals surface area contributed by atoms with Gasteiger partial charge in [-0.3, -0.25) is 4.79 Å². The molecule has 0 atom stereocenters. The second-order valence-corrected chi connectivity index (χ2v) is 5.09. The number of benzene rings is 2. The van der Waals surface area contributed by atoms with Gasteiger partial charge in [-0.25, -0.2) is 5.43 Å². The maximum atomic E-state index is 11.6. The third-order valence-corrected chi connectivity index (χ3v) is 3.37. The van der Waals surface area contributed by atoms with Crippen LogP contribution in [0.5, 0.6) is 5.75 Å². The molecule has 0 saturated carbocycles. The molecule has 0 unspecified atom stereocenters. The highest BCUT2D eigenvalue weighted by molar-refractivity contribution is 9.10. The summed E-state index contributed by atoms with van der Waals surface area (Å²) in [5.74, 6) is 0.150.